The molecule has 8 heteroatoms. The van der Waals surface area contributed by atoms with Gasteiger partial charge < -0.3 is 15.4 Å². The second kappa shape index (κ2) is 6.53. The Kier molecular flexibility index (Phi) is 4.20. The van der Waals surface area contributed by atoms with Crippen molar-refractivity contribution < 1.29 is 14.3 Å². The number of hydrogen-bond acceptors (Lipinski definition) is 5. The number of rotatable bonds is 4. The Morgan fingerprint density at radius 2 is 2.12 bits per heavy atom. The number of nitrogens with one attached hydrogen (secondary N) is 2. The van der Waals surface area contributed by atoms with Crippen LogP contribution >= 0.6 is 0 Å². The van der Waals surface area contributed by atoms with Crippen LogP contribution in [-0.2, 0) is 16.6 Å². The van der Waals surface area contributed by atoms with E-state index in [0.717, 1.165) is 24.8 Å². The lowest BCUT2D eigenvalue weighted by atomic mass is 9.88. The van der Waals surface area contributed by atoms with Crippen molar-refractivity contribution in [1.82, 2.24) is 15.0 Å². The standard InChI is InChI=1S/C18H21N5O3/c1-10-3-4-11(17(24)20-16-9-23(2)22-21-16)7-14(10)19-18(25)13-8-12-5-6-15(13)26-12/h3-4,7,9,12-13,15H,5-6,8H2,1-2H3,(H,19,25)(H,20,24)/t12-,13+,15+/m0/s1. The molecule has 3 heterocycles. The van der Waals surface area contributed by atoms with Gasteiger partial charge in [-0.1, -0.05) is 11.3 Å². The maximum absolute atomic E-state index is 12.6. The molecule has 2 aliphatic rings. The summed E-state index contributed by atoms with van der Waals surface area (Å²) in [4.78, 5) is 25.0. The molecule has 1 aromatic heterocycles. The minimum atomic E-state index is -0.302. The van der Waals surface area contributed by atoms with Crippen LogP contribution in [0.25, 0.3) is 0 Å². The van der Waals surface area contributed by atoms with Gasteiger partial charge in [-0.3, -0.25) is 14.3 Å². The molecule has 2 fully saturated rings. The van der Waals surface area contributed by atoms with Gasteiger partial charge in [0, 0.05) is 18.3 Å². The number of ether oxygens (including phenoxy) is 1. The summed E-state index contributed by atoms with van der Waals surface area (Å²) in [6, 6.07) is 5.23. The van der Waals surface area contributed by atoms with Gasteiger partial charge in [0.25, 0.3) is 5.91 Å². The zero-order chi connectivity index (χ0) is 18.3. The first-order valence-electron chi connectivity index (χ1n) is 8.74. The second-order valence-electron chi connectivity index (χ2n) is 6.97. The highest BCUT2D eigenvalue weighted by atomic mass is 16.5. The largest absolute Gasteiger partial charge is 0.374 e. The number of aryl methyl sites for hydroxylation is 2. The predicted octanol–water partition coefficient (Wildman–Crippen LogP) is 1.88. The van der Waals surface area contributed by atoms with E-state index in [2.05, 4.69) is 20.9 Å². The van der Waals surface area contributed by atoms with Crippen LogP contribution in [0, 0.1) is 12.8 Å². The van der Waals surface area contributed by atoms with Crippen molar-refractivity contribution in [1.29, 1.82) is 0 Å². The number of benzene rings is 1. The minimum absolute atomic E-state index is 0.0310. The highest BCUT2D eigenvalue weighted by Gasteiger charge is 2.44. The second-order valence-corrected chi connectivity index (χ2v) is 6.97. The highest BCUT2D eigenvalue weighted by Crippen LogP contribution is 2.39. The van der Waals surface area contributed by atoms with Crippen LogP contribution in [0.4, 0.5) is 11.5 Å². The highest BCUT2D eigenvalue weighted by molar-refractivity contribution is 6.05. The Morgan fingerprint density at radius 1 is 1.27 bits per heavy atom. The predicted molar refractivity (Wildman–Crippen MR) is 94.8 cm³/mol. The molecule has 1 aromatic carbocycles. The molecule has 2 N–H and O–H groups in total. The molecule has 0 radical (unpaired) electrons. The zero-order valence-electron chi connectivity index (χ0n) is 14.7. The summed E-state index contributed by atoms with van der Waals surface area (Å²) in [7, 11) is 1.72. The first-order valence-corrected chi connectivity index (χ1v) is 8.74. The van der Waals surface area contributed by atoms with Gasteiger partial charge in [0.15, 0.2) is 5.82 Å². The van der Waals surface area contributed by atoms with E-state index in [4.69, 9.17) is 4.74 Å². The summed E-state index contributed by atoms with van der Waals surface area (Å²) in [6.07, 6.45) is 4.64. The van der Waals surface area contributed by atoms with E-state index in [0.29, 0.717) is 17.1 Å². The van der Waals surface area contributed by atoms with Crippen LogP contribution in [-0.4, -0.2) is 39.0 Å². The normalized spacial score (nSPS) is 23.8. The van der Waals surface area contributed by atoms with E-state index >= 15 is 0 Å². The Bertz CT molecular complexity index is 862. The summed E-state index contributed by atoms with van der Waals surface area (Å²) in [5.41, 5.74) is 1.99. The molecule has 0 saturated carbocycles. The number of hydrogen-bond donors (Lipinski definition) is 2. The lowest BCUT2D eigenvalue weighted by Gasteiger charge is -2.19. The Balaban J connectivity index is 1.47. The number of aromatic nitrogens is 3. The van der Waals surface area contributed by atoms with Crippen molar-refractivity contribution in [2.24, 2.45) is 13.0 Å². The Morgan fingerprint density at radius 3 is 2.77 bits per heavy atom. The monoisotopic (exact) mass is 355 g/mol. The van der Waals surface area contributed by atoms with Crippen molar-refractivity contribution in [3.63, 3.8) is 0 Å². The molecule has 4 rings (SSSR count). The average molecular weight is 355 g/mol. The SMILES string of the molecule is Cc1ccc(C(=O)Nc2cn(C)nn2)cc1NC(=O)[C@@H]1C[C@@H]2CC[C@H]1O2. The van der Waals surface area contributed by atoms with E-state index < -0.39 is 0 Å². The van der Waals surface area contributed by atoms with E-state index in [1.807, 2.05) is 13.0 Å². The number of amides is 2. The van der Waals surface area contributed by atoms with E-state index in [1.165, 1.54) is 4.68 Å². The molecule has 2 aromatic rings. The fourth-order valence-corrected chi connectivity index (χ4v) is 3.63. The lowest BCUT2D eigenvalue weighted by Crippen LogP contribution is -2.30. The van der Waals surface area contributed by atoms with Crippen LogP contribution in [0.15, 0.2) is 24.4 Å². The summed E-state index contributed by atoms with van der Waals surface area (Å²) in [6.45, 7) is 1.90. The quantitative estimate of drug-likeness (QED) is 0.873. The van der Waals surface area contributed by atoms with Crippen molar-refractivity contribution in [3.05, 3.63) is 35.5 Å². The molecule has 2 amide bonds. The molecule has 0 spiro atoms. The van der Waals surface area contributed by atoms with Crippen LogP contribution in [0.1, 0.15) is 35.2 Å². The van der Waals surface area contributed by atoms with Crippen molar-refractivity contribution in [2.75, 3.05) is 10.6 Å². The molecule has 136 valence electrons. The molecular weight excluding hydrogens is 334 g/mol. The van der Waals surface area contributed by atoms with Crippen LogP contribution < -0.4 is 10.6 Å². The van der Waals surface area contributed by atoms with Gasteiger partial charge in [-0.05, 0) is 43.9 Å². The molecule has 2 saturated heterocycles. The lowest BCUT2D eigenvalue weighted by molar-refractivity contribution is -0.121. The summed E-state index contributed by atoms with van der Waals surface area (Å²) in [5, 5.41) is 13.3. The number of nitrogens with zero attached hydrogens (tertiary/aromatic N) is 3. The Labute approximate surface area is 150 Å². The summed E-state index contributed by atoms with van der Waals surface area (Å²) >= 11 is 0. The van der Waals surface area contributed by atoms with Gasteiger partial charge in [-0.25, -0.2) is 0 Å². The smallest absolute Gasteiger partial charge is 0.256 e. The van der Waals surface area contributed by atoms with Gasteiger partial charge in [0.1, 0.15) is 0 Å². The van der Waals surface area contributed by atoms with Crippen molar-refractivity contribution >= 4 is 23.3 Å². The van der Waals surface area contributed by atoms with Gasteiger partial charge in [0.05, 0.1) is 24.3 Å². The van der Waals surface area contributed by atoms with Crippen LogP contribution in [0.2, 0.25) is 0 Å². The molecule has 26 heavy (non-hydrogen) atoms. The molecule has 8 nitrogen and oxygen atoms in total. The fraction of sp³-hybridized carbons (Fsp3) is 0.444. The van der Waals surface area contributed by atoms with E-state index in [-0.39, 0.29) is 29.9 Å². The number of fused-ring (bicyclic) bond motifs is 2. The van der Waals surface area contributed by atoms with Crippen molar-refractivity contribution in [3.8, 4) is 0 Å². The maximum Gasteiger partial charge on any atom is 0.256 e. The van der Waals surface area contributed by atoms with Gasteiger partial charge in [-0.15, -0.1) is 5.10 Å². The number of carbonyl (C=O) groups excluding carboxylic acids is 2. The first kappa shape index (κ1) is 16.7. The summed E-state index contributed by atoms with van der Waals surface area (Å²) in [5.74, 6) is -0.0657. The van der Waals surface area contributed by atoms with Gasteiger partial charge >= 0.3 is 0 Å². The molecule has 0 unspecified atom stereocenters. The third-order valence-electron chi connectivity index (χ3n) is 5.04. The Hall–Kier alpha value is -2.74. The maximum atomic E-state index is 12.6. The van der Waals surface area contributed by atoms with Crippen LogP contribution in [0.5, 0.6) is 0 Å². The third kappa shape index (κ3) is 3.20. The van der Waals surface area contributed by atoms with Crippen molar-refractivity contribution in [2.45, 2.75) is 38.4 Å². The van der Waals surface area contributed by atoms with E-state index in [9.17, 15) is 9.59 Å². The molecule has 2 aliphatic heterocycles. The topological polar surface area (TPSA) is 98.1 Å². The minimum Gasteiger partial charge on any atom is -0.374 e. The molecule has 0 aliphatic carbocycles. The average Bonchev–Trinajstić information content (AvgIpc) is 3.34. The zero-order valence-corrected chi connectivity index (χ0v) is 14.7. The van der Waals surface area contributed by atoms with Crippen LogP contribution in [0.3, 0.4) is 0 Å². The molecular formula is C18H21N5O3. The summed E-state index contributed by atoms with van der Waals surface area (Å²) < 4.78 is 7.27. The molecule has 2 bridgehead atoms. The fourth-order valence-electron chi connectivity index (χ4n) is 3.63. The van der Waals surface area contributed by atoms with Gasteiger partial charge in [-0.2, -0.15) is 0 Å². The molecule has 3 atom stereocenters. The number of carbonyl (C=O) groups is 2. The first-order chi connectivity index (χ1) is 12.5. The van der Waals surface area contributed by atoms with Gasteiger partial charge in [0.2, 0.25) is 5.91 Å². The third-order valence-corrected chi connectivity index (χ3v) is 5.04. The van der Waals surface area contributed by atoms with E-state index in [1.54, 1.807) is 25.4 Å². The number of anilines is 2.